The molecule has 0 radical (unpaired) electrons. The highest BCUT2D eigenvalue weighted by Gasteiger charge is 2.26. The first-order chi connectivity index (χ1) is 7.57. The summed E-state index contributed by atoms with van der Waals surface area (Å²) < 4.78 is 28.5. The van der Waals surface area contributed by atoms with E-state index in [2.05, 4.69) is 0 Å². The van der Waals surface area contributed by atoms with E-state index >= 15 is 0 Å². The van der Waals surface area contributed by atoms with Crippen molar-refractivity contribution in [3.8, 4) is 5.75 Å². The molecule has 0 bridgehead atoms. The Morgan fingerprint density at radius 3 is 2.18 bits per heavy atom. The van der Waals surface area contributed by atoms with Crippen LogP contribution in [-0.2, 0) is 15.4 Å². The Kier molecular flexibility index (Phi) is 3.55. The summed E-state index contributed by atoms with van der Waals surface area (Å²) in [5.74, 6) is 0.564. The van der Waals surface area contributed by atoms with Gasteiger partial charge in [0.2, 0.25) is 0 Å². The minimum Gasteiger partial charge on any atom is -0.496 e. The summed E-state index contributed by atoms with van der Waals surface area (Å²) >= 11 is 0. The van der Waals surface area contributed by atoms with E-state index in [9.17, 15) is 13.5 Å². The number of aliphatic hydroxyl groups is 1. The van der Waals surface area contributed by atoms with Crippen molar-refractivity contribution in [1.29, 1.82) is 0 Å². The van der Waals surface area contributed by atoms with Crippen LogP contribution in [-0.4, -0.2) is 26.9 Å². The highest BCUT2D eigenvalue weighted by molar-refractivity contribution is 7.90. The van der Waals surface area contributed by atoms with E-state index in [0.717, 1.165) is 11.8 Å². The lowest BCUT2D eigenvalue weighted by Crippen LogP contribution is -2.20. The number of methoxy groups -OCH3 is 1. The van der Waals surface area contributed by atoms with Crippen LogP contribution >= 0.6 is 0 Å². The van der Waals surface area contributed by atoms with E-state index in [0.29, 0.717) is 11.3 Å². The van der Waals surface area contributed by atoms with E-state index in [-0.39, 0.29) is 4.90 Å². The highest BCUT2D eigenvalue weighted by Crippen LogP contribution is 2.32. The standard InChI is InChI=1S/C12H18O4S/c1-8-6-11(17(5,14)15)9(12(2,3)13)7-10(8)16-4/h6-7,13H,1-5H3. The van der Waals surface area contributed by atoms with Gasteiger partial charge in [0.05, 0.1) is 17.6 Å². The first kappa shape index (κ1) is 14.0. The summed E-state index contributed by atoms with van der Waals surface area (Å²) in [6.45, 7) is 4.86. The molecule has 0 unspecified atom stereocenters. The zero-order valence-corrected chi connectivity index (χ0v) is 11.6. The van der Waals surface area contributed by atoms with Crippen LogP contribution in [0.1, 0.15) is 25.0 Å². The quantitative estimate of drug-likeness (QED) is 0.895. The average Bonchev–Trinajstić information content (AvgIpc) is 2.14. The predicted octanol–water partition coefficient (Wildman–Crippen LogP) is 1.63. The van der Waals surface area contributed by atoms with Gasteiger partial charge in [-0.1, -0.05) is 0 Å². The van der Waals surface area contributed by atoms with E-state index in [1.165, 1.54) is 13.2 Å². The fourth-order valence-corrected chi connectivity index (χ4v) is 2.77. The van der Waals surface area contributed by atoms with Crippen LogP contribution in [0, 0.1) is 6.92 Å². The maximum atomic E-state index is 11.7. The average molecular weight is 258 g/mol. The van der Waals surface area contributed by atoms with E-state index < -0.39 is 15.4 Å². The van der Waals surface area contributed by atoms with Gasteiger partial charge in [0.1, 0.15) is 5.75 Å². The van der Waals surface area contributed by atoms with Crippen LogP contribution in [0.4, 0.5) is 0 Å². The van der Waals surface area contributed by atoms with Gasteiger partial charge >= 0.3 is 0 Å². The Bertz CT molecular complexity index is 524. The zero-order chi connectivity index (χ0) is 13.4. The summed E-state index contributed by atoms with van der Waals surface area (Å²) in [6, 6.07) is 3.10. The lowest BCUT2D eigenvalue weighted by atomic mass is 9.97. The third-order valence-corrected chi connectivity index (χ3v) is 3.69. The fourth-order valence-electron chi connectivity index (χ4n) is 1.67. The number of ether oxygens (including phenoxy) is 1. The Balaban J connectivity index is 3.66. The zero-order valence-electron chi connectivity index (χ0n) is 10.7. The van der Waals surface area contributed by atoms with Gasteiger partial charge in [-0.2, -0.15) is 0 Å². The molecule has 0 saturated carbocycles. The number of hydrogen-bond donors (Lipinski definition) is 1. The molecule has 5 heteroatoms. The monoisotopic (exact) mass is 258 g/mol. The molecule has 0 fully saturated rings. The second-order valence-electron chi connectivity index (χ2n) is 4.65. The molecule has 0 amide bonds. The molecule has 0 atom stereocenters. The van der Waals surface area contributed by atoms with Crippen LogP contribution in [0.5, 0.6) is 5.75 Å². The molecule has 0 aromatic heterocycles. The molecule has 0 aliphatic rings. The Morgan fingerprint density at radius 2 is 1.82 bits per heavy atom. The Labute approximate surface area is 102 Å². The second kappa shape index (κ2) is 4.31. The summed E-state index contributed by atoms with van der Waals surface area (Å²) in [5.41, 5.74) is -0.164. The molecule has 0 saturated heterocycles. The molecule has 4 nitrogen and oxygen atoms in total. The van der Waals surface area contributed by atoms with Crippen LogP contribution in [0.25, 0.3) is 0 Å². The SMILES string of the molecule is COc1cc(C(C)(C)O)c(S(C)(=O)=O)cc1C. The molecule has 0 aliphatic carbocycles. The van der Waals surface area contributed by atoms with Crippen LogP contribution in [0.3, 0.4) is 0 Å². The number of hydrogen-bond acceptors (Lipinski definition) is 4. The van der Waals surface area contributed by atoms with Crippen LogP contribution in [0.15, 0.2) is 17.0 Å². The maximum absolute atomic E-state index is 11.7. The largest absolute Gasteiger partial charge is 0.496 e. The van der Waals surface area contributed by atoms with Gasteiger partial charge in [0.25, 0.3) is 0 Å². The van der Waals surface area contributed by atoms with Crippen molar-refractivity contribution in [1.82, 2.24) is 0 Å². The molecule has 96 valence electrons. The summed E-state index contributed by atoms with van der Waals surface area (Å²) in [4.78, 5) is 0.142. The molecule has 1 aromatic carbocycles. The van der Waals surface area contributed by atoms with Gasteiger partial charge in [-0.15, -0.1) is 0 Å². The smallest absolute Gasteiger partial charge is 0.175 e. The van der Waals surface area contributed by atoms with E-state index in [1.807, 2.05) is 0 Å². The summed E-state index contributed by atoms with van der Waals surface area (Å²) in [5, 5.41) is 10.0. The maximum Gasteiger partial charge on any atom is 0.175 e. The normalized spacial score (nSPS) is 12.6. The van der Waals surface area contributed by atoms with Gasteiger partial charge in [-0.3, -0.25) is 0 Å². The highest BCUT2D eigenvalue weighted by atomic mass is 32.2. The molecular weight excluding hydrogens is 240 g/mol. The van der Waals surface area contributed by atoms with Crippen LogP contribution < -0.4 is 4.74 Å². The number of benzene rings is 1. The summed E-state index contributed by atoms with van der Waals surface area (Å²) in [7, 11) is -1.87. The first-order valence-corrected chi connectivity index (χ1v) is 7.08. The molecule has 17 heavy (non-hydrogen) atoms. The van der Waals surface area contributed by atoms with Crippen molar-refractivity contribution in [3.63, 3.8) is 0 Å². The topological polar surface area (TPSA) is 63.6 Å². The van der Waals surface area contributed by atoms with Gasteiger partial charge in [0, 0.05) is 11.8 Å². The van der Waals surface area contributed by atoms with Crippen molar-refractivity contribution in [3.05, 3.63) is 23.3 Å². The molecule has 1 aromatic rings. The fraction of sp³-hybridized carbons (Fsp3) is 0.500. The van der Waals surface area contributed by atoms with Gasteiger partial charge < -0.3 is 9.84 Å². The number of aryl methyl sites for hydroxylation is 1. The molecule has 0 aliphatic heterocycles. The number of sulfone groups is 1. The minimum atomic E-state index is -3.38. The molecule has 1 N–H and O–H groups in total. The number of rotatable bonds is 3. The van der Waals surface area contributed by atoms with E-state index in [4.69, 9.17) is 4.74 Å². The van der Waals surface area contributed by atoms with Crippen molar-refractivity contribution < 1.29 is 18.3 Å². The molecule has 0 spiro atoms. The van der Waals surface area contributed by atoms with E-state index in [1.54, 1.807) is 26.8 Å². The summed E-state index contributed by atoms with van der Waals surface area (Å²) in [6.07, 6.45) is 1.13. The van der Waals surface area contributed by atoms with Crippen LogP contribution in [0.2, 0.25) is 0 Å². The second-order valence-corrected chi connectivity index (χ2v) is 6.63. The van der Waals surface area contributed by atoms with Gasteiger partial charge in [-0.05, 0) is 38.5 Å². The van der Waals surface area contributed by atoms with Crippen molar-refractivity contribution in [2.45, 2.75) is 31.3 Å². The molecular formula is C12H18O4S. The lowest BCUT2D eigenvalue weighted by molar-refractivity contribution is 0.0752. The third kappa shape index (κ3) is 2.98. The van der Waals surface area contributed by atoms with Crippen molar-refractivity contribution >= 4 is 9.84 Å². The van der Waals surface area contributed by atoms with Crippen molar-refractivity contribution in [2.75, 3.05) is 13.4 Å². The Morgan fingerprint density at radius 1 is 1.29 bits per heavy atom. The first-order valence-electron chi connectivity index (χ1n) is 5.19. The molecule has 0 heterocycles. The molecule has 1 rings (SSSR count). The van der Waals surface area contributed by atoms with Gasteiger partial charge in [-0.25, -0.2) is 8.42 Å². The third-order valence-electron chi connectivity index (χ3n) is 2.56. The lowest BCUT2D eigenvalue weighted by Gasteiger charge is -2.22. The Hall–Kier alpha value is -1.07. The van der Waals surface area contributed by atoms with Gasteiger partial charge in [0.15, 0.2) is 9.84 Å². The minimum absolute atomic E-state index is 0.142. The van der Waals surface area contributed by atoms with Crippen molar-refractivity contribution in [2.24, 2.45) is 0 Å². The predicted molar refractivity (Wildman–Crippen MR) is 66.1 cm³/mol.